The number of benzene rings is 2. The van der Waals surface area contributed by atoms with Gasteiger partial charge in [0.25, 0.3) is 0 Å². The zero-order valence-electron chi connectivity index (χ0n) is 23.9. The molecule has 0 aliphatic carbocycles. The number of carbonyl (C=O) groups is 2. The molecule has 224 valence electrons. The summed E-state index contributed by atoms with van der Waals surface area (Å²) in [5, 5.41) is 24.7. The van der Waals surface area contributed by atoms with Crippen LogP contribution in [0.2, 0.25) is 0 Å². The Kier molecular flexibility index (Phi) is 9.45. The minimum Gasteiger partial charge on any atom is -0.490 e. The molecule has 0 fully saturated rings. The Morgan fingerprint density at radius 2 is 1.79 bits per heavy atom. The summed E-state index contributed by atoms with van der Waals surface area (Å²) in [6, 6.07) is 17.3. The van der Waals surface area contributed by atoms with Gasteiger partial charge in [0.2, 0.25) is 5.75 Å². The molecular weight excluding hydrogens is 560 g/mol. The van der Waals surface area contributed by atoms with Gasteiger partial charge in [0.15, 0.2) is 17.6 Å². The Labute approximate surface area is 246 Å². The first-order valence-electron chi connectivity index (χ1n) is 13.2. The van der Waals surface area contributed by atoms with Gasteiger partial charge in [-0.15, -0.1) is 0 Å². The summed E-state index contributed by atoms with van der Waals surface area (Å²) in [5.74, 6) is -1.29. The Hall–Kier alpha value is -5.59. The number of furan rings is 1. The van der Waals surface area contributed by atoms with E-state index in [0.717, 1.165) is 23.1 Å². The van der Waals surface area contributed by atoms with Gasteiger partial charge in [-0.1, -0.05) is 0 Å². The van der Waals surface area contributed by atoms with Crippen LogP contribution in [0.5, 0.6) is 17.2 Å². The molecule has 0 saturated heterocycles. The Balaban J connectivity index is 1.38. The monoisotopic (exact) mass is 590 g/mol. The predicted molar refractivity (Wildman–Crippen MR) is 155 cm³/mol. The van der Waals surface area contributed by atoms with Crippen molar-refractivity contribution in [3.63, 3.8) is 0 Å². The maximum absolute atomic E-state index is 12.5. The fraction of sp³-hybridized carbons (Fsp3) is 0.233. The second kappa shape index (κ2) is 13.4. The van der Waals surface area contributed by atoms with Gasteiger partial charge >= 0.3 is 17.6 Å². The molecule has 0 saturated carbocycles. The lowest BCUT2D eigenvalue weighted by atomic mass is 10.1. The summed E-state index contributed by atoms with van der Waals surface area (Å²) in [7, 11) is 0. The van der Waals surface area contributed by atoms with E-state index in [2.05, 4.69) is 27.2 Å². The maximum atomic E-state index is 12.5. The van der Waals surface area contributed by atoms with Crippen LogP contribution in [-0.4, -0.2) is 45.4 Å². The van der Waals surface area contributed by atoms with Gasteiger partial charge in [-0.2, -0.15) is 5.10 Å². The standard InChI is InChI=1S/C30H30N4O9/c1-5-40-27-15-21(14-25(34(38)39)28(27)42-20(4)30(36)37)16-31-32-29(35)26-13-12-24(43-26)17-41-23-10-8-22(9-11-23)33-18(2)6-7-19(33)3/h6-16,20H,5,17H2,1-4H3,(H,32,35)(H,36,37)/b31-16+/t20-/m1/s1. The molecule has 43 heavy (non-hydrogen) atoms. The van der Waals surface area contributed by atoms with Crippen LogP contribution in [-0.2, 0) is 11.4 Å². The first kappa shape index (κ1) is 30.4. The number of rotatable bonds is 13. The molecule has 4 aromatic rings. The van der Waals surface area contributed by atoms with Crippen LogP contribution in [0.1, 0.15) is 47.1 Å². The SMILES string of the molecule is CCOc1cc(/C=N/NC(=O)c2ccc(COc3ccc(-n4c(C)ccc4C)cc3)o2)cc([N+](=O)[O-])c1O[C@H](C)C(=O)O. The van der Waals surface area contributed by atoms with E-state index in [1.807, 2.05) is 38.1 Å². The van der Waals surface area contributed by atoms with Crippen molar-refractivity contribution in [3.8, 4) is 22.9 Å². The molecule has 2 aromatic carbocycles. The number of hydrogen-bond donors (Lipinski definition) is 2. The number of amides is 1. The Morgan fingerprint density at radius 3 is 2.42 bits per heavy atom. The zero-order chi connectivity index (χ0) is 31.1. The molecule has 0 spiro atoms. The number of hydrazone groups is 1. The molecule has 2 aromatic heterocycles. The van der Waals surface area contributed by atoms with Crippen molar-refractivity contribution in [1.29, 1.82) is 0 Å². The number of carbonyl (C=O) groups excluding carboxylic acids is 1. The summed E-state index contributed by atoms with van der Waals surface area (Å²) in [5.41, 5.74) is 5.26. The molecule has 2 N–H and O–H groups in total. The number of ether oxygens (including phenoxy) is 3. The average Bonchev–Trinajstić information content (AvgIpc) is 3.59. The van der Waals surface area contributed by atoms with E-state index in [0.29, 0.717) is 11.5 Å². The van der Waals surface area contributed by atoms with Gasteiger partial charge in [0.1, 0.15) is 18.1 Å². The summed E-state index contributed by atoms with van der Waals surface area (Å²) < 4.78 is 24.2. The van der Waals surface area contributed by atoms with Crippen molar-refractivity contribution < 1.29 is 38.2 Å². The van der Waals surface area contributed by atoms with Gasteiger partial charge in [0, 0.05) is 28.7 Å². The molecule has 13 nitrogen and oxygen atoms in total. The van der Waals surface area contributed by atoms with E-state index in [4.69, 9.17) is 23.7 Å². The third kappa shape index (κ3) is 7.38. The molecule has 0 aliphatic heterocycles. The minimum absolute atomic E-state index is 0.0166. The van der Waals surface area contributed by atoms with E-state index >= 15 is 0 Å². The average molecular weight is 591 g/mol. The molecule has 1 amide bonds. The third-order valence-electron chi connectivity index (χ3n) is 6.21. The number of carboxylic acid groups (broad SMARTS) is 1. The van der Waals surface area contributed by atoms with Crippen LogP contribution in [0.4, 0.5) is 5.69 Å². The molecule has 4 rings (SSSR count). The minimum atomic E-state index is -1.36. The van der Waals surface area contributed by atoms with E-state index in [1.54, 1.807) is 13.0 Å². The number of aliphatic carboxylic acids is 1. The van der Waals surface area contributed by atoms with Crippen LogP contribution in [0.25, 0.3) is 5.69 Å². The number of carboxylic acids is 1. The predicted octanol–water partition coefficient (Wildman–Crippen LogP) is 5.19. The fourth-order valence-electron chi connectivity index (χ4n) is 4.15. The van der Waals surface area contributed by atoms with Gasteiger partial charge < -0.3 is 28.3 Å². The third-order valence-corrected chi connectivity index (χ3v) is 6.21. The number of nitrogens with one attached hydrogen (secondary N) is 1. The highest BCUT2D eigenvalue weighted by Crippen LogP contribution is 2.39. The lowest BCUT2D eigenvalue weighted by molar-refractivity contribution is -0.386. The summed E-state index contributed by atoms with van der Waals surface area (Å²) in [6.45, 7) is 7.20. The molecule has 0 bridgehead atoms. The summed E-state index contributed by atoms with van der Waals surface area (Å²) in [6.07, 6.45) is -0.185. The molecule has 2 heterocycles. The van der Waals surface area contributed by atoms with E-state index < -0.39 is 28.6 Å². The smallest absolute Gasteiger partial charge is 0.344 e. The number of aromatic nitrogens is 1. The first-order valence-corrected chi connectivity index (χ1v) is 13.2. The number of nitro benzene ring substituents is 1. The Morgan fingerprint density at radius 1 is 1.09 bits per heavy atom. The first-order chi connectivity index (χ1) is 20.6. The number of aryl methyl sites for hydroxylation is 2. The van der Waals surface area contributed by atoms with E-state index in [1.165, 1.54) is 25.3 Å². The molecule has 0 radical (unpaired) electrons. The van der Waals surface area contributed by atoms with Gasteiger partial charge in [0.05, 0.1) is 17.7 Å². The molecular formula is C30H30N4O9. The van der Waals surface area contributed by atoms with E-state index in [9.17, 15) is 19.7 Å². The van der Waals surface area contributed by atoms with Crippen molar-refractivity contribution in [2.45, 2.75) is 40.4 Å². The van der Waals surface area contributed by atoms with Gasteiger partial charge in [-0.3, -0.25) is 14.9 Å². The number of nitrogens with zero attached hydrogens (tertiary/aromatic N) is 3. The Bertz CT molecular complexity index is 1630. The van der Waals surface area contributed by atoms with Gasteiger partial charge in [-0.25, -0.2) is 10.2 Å². The molecule has 0 aliphatic rings. The summed E-state index contributed by atoms with van der Waals surface area (Å²) in [4.78, 5) is 34.7. The largest absolute Gasteiger partial charge is 0.490 e. The number of hydrogen-bond acceptors (Lipinski definition) is 9. The number of nitro groups is 1. The van der Waals surface area contributed by atoms with Crippen molar-refractivity contribution in [2.75, 3.05) is 6.61 Å². The van der Waals surface area contributed by atoms with Crippen LogP contribution in [0.15, 0.2) is 70.2 Å². The highest BCUT2D eigenvalue weighted by atomic mass is 16.6. The highest BCUT2D eigenvalue weighted by Gasteiger charge is 2.26. The van der Waals surface area contributed by atoms with Crippen LogP contribution >= 0.6 is 0 Å². The highest BCUT2D eigenvalue weighted by molar-refractivity contribution is 5.92. The van der Waals surface area contributed by atoms with Crippen molar-refractivity contribution in [1.82, 2.24) is 9.99 Å². The second-order valence-electron chi connectivity index (χ2n) is 9.35. The van der Waals surface area contributed by atoms with Crippen molar-refractivity contribution in [2.24, 2.45) is 5.10 Å². The topological polar surface area (TPSA) is 168 Å². The van der Waals surface area contributed by atoms with Crippen molar-refractivity contribution >= 4 is 23.8 Å². The van der Waals surface area contributed by atoms with Crippen LogP contribution < -0.4 is 19.6 Å². The zero-order valence-corrected chi connectivity index (χ0v) is 23.9. The van der Waals surface area contributed by atoms with Crippen molar-refractivity contribution in [3.05, 3.63) is 99.2 Å². The quantitative estimate of drug-likeness (QED) is 0.121. The van der Waals surface area contributed by atoms with Crippen LogP contribution in [0.3, 0.4) is 0 Å². The lowest BCUT2D eigenvalue weighted by Gasteiger charge is -2.15. The molecule has 13 heteroatoms. The lowest BCUT2D eigenvalue weighted by Crippen LogP contribution is -2.23. The summed E-state index contributed by atoms with van der Waals surface area (Å²) >= 11 is 0. The fourth-order valence-corrected chi connectivity index (χ4v) is 4.15. The molecule has 1 atom stereocenters. The normalized spacial score (nSPS) is 11.7. The van der Waals surface area contributed by atoms with Crippen LogP contribution in [0, 0.1) is 24.0 Å². The second-order valence-corrected chi connectivity index (χ2v) is 9.35. The van der Waals surface area contributed by atoms with E-state index in [-0.39, 0.29) is 36.0 Å². The van der Waals surface area contributed by atoms with Gasteiger partial charge in [-0.05, 0) is 82.3 Å². The molecule has 0 unspecified atom stereocenters. The maximum Gasteiger partial charge on any atom is 0.344 e.